The Kier molecular flexibility index (Phi) is 2.81. The molecule has 1 amide bonds. The van der Waals surface area contributed by atoms with E-state index < -0.39 is 17.1 Å². The Labute approximate surface area is 85.8 Å². The first kappa shape index (κ1) is 11.3. The molecule has 0 aliphatic carbocycles. The Bertz CT molecular complexity index is 367. The van der Waals surface area contributed by atoms with Gasteiger partial charge < -0.3 is 9.84 Å². The van der Waals surface area contributed by atoms with Gasteiger partial charge in [-0.05, 0) is 19.9 Å². The van der Waals surface area contributed by atoms with E-state index in [1.54, 1.807) is 13.8 Å². The van der Waals surface area contributed by atoms with E-state index in [1.807, 2.05) is 0 Å². The van der Waals surface area contributed by atoms with Gasteiger partial charge in [0, 0.05) is 5.41 Å². The van der Waals surface area contributed by atoms with Gasteiger partial charge in [0.05, 0.1) is 0 Å². The average Bonchev–Trinajstić information content (AvgIpc) is 2.20. The third kappa shape index (κ3) is 1.99. The minimum absolute atomic E-state index is 0.0867. The predicted molar refractivity (Wildman–Crippen MR) is 48.6 cm³/mol. The fourth-order valence-electron chi connectivity index (χ4n) is 1.18. The van der Waals surface area contributed by atoms with Crippen LogP contribution in [0.3, 0.4) is 0 Å². The average molecular weight is 213 g/mol. The van der Waals surface area contributed by atoms with Crippen molar-refractivity contribution in [3.05, 3.63) is 23.4 Å². The molecule has 1 aliphatic rings. The lowest BCUT2D eigenvalue weighted by atomic mass is 9.87. The first-order valence-electron chi connectivity index (χ1n) is 4.16. The van der Waals surface area contributed by atoms with E-state index in [0.717, 1.165) is 0 Å². The lowest BCUT2D eigenvalue weighted by molar-refractivity contribution is -0.129. The fourth-order valence-corrected chi connectivity index (χ4v) is 1.18. The SMILES string of the molecule is CC1(C)C=C(C=O)OC(C(=O)NO)=C1O. The van der Waals surface area contributed by atoms with Gasteiger partial charge in [-0.3, -0.25) is 14.8 Å². The first-order valence-corrected chi connectivity index (χ1v) is 4.16. The minimum Gasteiger partial charge on any atom is -0.507 e. The van der Waals surface area contributed by atoms with Crippen LogP contribution in [0, 0.1) is 5.41 Å². The second-order valence-electron chi connectivity index (χ2n) is 3.61. The highest BCUT2D eigenvalue weighted by atomic mass is 16.5. The van der Waals surface area contributed by atoms with Crippen molar-refractivity contribution >= 4 is 12.2 Å². The van der Waals surface area contributed by atoms with E-state index >= 15 is 0 Å². The summed E-state index contributed by atoms with van der Waals surface area (Å²) >= 11 is 0. The van der Waals surface area contributed by atoms with Gasteiger partial charge in [0.2, 0.25) is 5.76 Å². The van der Waals surface area contributed by atoms with Crippen LogP contribution in [0.1, 0.15) is 13.8 Å². The predicted octanol–water partition coefficient (Wildman–Crippen LogP) is 0.401. The first-order chi connectivity index (χ1) is 6.92. The van der Waals surface area contributed by atoms with Crippen LogP contribution in [0.4, 0.5) is 0 Å². The molecule has 1 rings (SSSR count). The van der Waals surface area contributed by atoms with Gasteiger partial charge in [0.15, 0.2) is 17.8 Å². The molecule has 82 valence electrons. The summed E-state index contributed by atoms with van der Waals surface area (Å²) in [5.74, 6) is -1.92. The molecule has 6 nitrogen and oxygen atoms in total. The Hall–Kier alpha value is -1.82. The lowest BCUT2D eigenvalue weighted by Gasteiger charge is -2.26. The highest BCUT2D eigenvalue weighted by Gasteiger charge is 2.34. The van der Waals surface area contributed by atoms with E-state index in [-0.39, 0.29) is 11.5 Å². The van der Waals surface area contributed by atoms with Crippen molar-refractivity contribution in [3.63, 3.8) is 0 Å². The van der Waals surface area contributed by atoms with Gasteiger partial charge in [-0.1, -0.05) is 0 Å². The van der Waals surface area contributed by atoms with Gasteiger partial charge in [-0.15, -0.1) is 0 Å². The molecule has 0 saturated carbocycles. The molecule has 3 N–H and O–H groups in total. The smallest absolute Gasteiger partial charge is 0.313 e. The molecule has 6 heteroatoms. The molecular formula is C9H11NO5. The second-order valence-corrected chi connectivity index (χ2v) is 3.61. The number of ether oxygens (including phenoxy) is 1. The van der Waals surface area contributed by atoms with Crippen molar-refractivity contribution in [3.8, 4) is 0 Å². The maximum Gasteiger partial charge on any atom is 0.313 e. The van der Waals surface area contributed by atoms with E-state index in [4.69, 9.17) is 9.94 Å². The number of aldehydes is 1. The zero-order chi connectivity index (χ0) is 11.6. The van der Waals surface area contributed by atoms with Crippen molar-refractivity contribution in [2.45, 2.75) is 13.8 Å². The molecule has 0 spiro atoms. The molecule has 1 heterocycles. The van der Waals surface area contributed by atoms with E-state index in [9.17, 15) is 14.7 Å². The summed E-state index contributed by atoms with van der Waals surface area (Å²) in [6.45, 7) is 3.19. The van der Waals surface area contributed by atoms with Crippen molar-refractivity contribution in [1.29, 1.82) is 0 Å². The van der Waals surface area contributed by atoms with Crippen LogP contribution in [0.5, 0.6) is 0 Å². The number of amides is 1. The van der Waals surface area contributed by atoms with Crippen LogP contribution in [0.2, 0.25) is 0 Å². The molecule has 0 unspecified atom stereocenters. The number of aliphatic hydroxyl groups excluding tert-OH is 1. The molecule has 0 atom stereocenters. The highest BCUT2D eigenvalue weighted by Crippen LogP contribution is 2.34. The summed E-state index contributed by atoms with van der Waals surface area (Å²) in [7, 11) is 0. The molecule has 0 aromatic heterocycles. The number of rotatable bonds is 2. The normalized spacial score (nSPS) is 19.0. The Morgan fingerprint density at radius 2 is 2.20 bits per heavy atom. The van der Waals surface area contributed by atoms with Gasteiger partial charge >= 0.3 is 5.91 Å². The van der Waals surface area contributed by atoms with Crippen LogP contribution in [0.15, 0.2) is 23.4 Å². The number of aliphatic hydroxyl groups is 1. The van der Waals surface area contributed by atoms with Crippen molar-refractivity contribution < 1.29 is 24.6 Å². The summed E-state index contributed by atoms with van der Waals surface area (Å²) in [4.78, 5) is 21.6. The maximum absolute atomic E-state index is 11.1. The Morgan fingerprint density at radius 1 is 1.60 bits per heavy atom. The standard InChI is InChI=1S/C9H11NO5/c1-9(2)3-5(4-11)15-6(7(9)12)8(13)10-14/h3-4,12,14H,1-2H3,(H,10,13). The summed E-state index contributed by atoms with van der Waals surface area (Å²) in [5.41, 5.74) is 0.430. The van der Waals surface area contributed by atoms with E-state index in [1.165, 1.54) is 11.6 Å². The van der Waals surface area contributed by atoms with Crippen molar-refractivity contribution in [2.24, 2.45) is 5.41 Å². The van der Waals surface area contributed by atoms with Gasteiger partial charge in [-0.2, -0.15) is 0 Å². The molecule has 0 aromatic rings. The molecule has 0 bridgehead atoms. The number of hydrogen-bond donors (Lipinski definition) is 3. The minimum atomic E-state index is -1.01. The molecule has 0 saturated heterocycles. The number of carbonyl (C=O) groups excluding carboxylic acids is 2. The van der Waals surface area contributed by atoms with Crippen LogP contribution < -0.4 is 5.48 Å². The molecule has 1 aliphatic heterocycles. The van der Waals surface area contributed by atoms with E-state index in [2.05, 4.69) is 0 Å². The fraction of sp³-hybridized carbons (Fsp3) is 0.333. The number of carbonyl (C=O) groups is 2. The molecule has 0 fully saturated rings. The topological polar surface area (TPSA) is 95.9 Å². The summed E-state index contributed by atoms with van der Waals surface area (Å²) in [5, 5.41) is 18.0. The highest BCUT2D eigenvalue weighted by molar-refractivity contribution is 5.92. The van der Waals surface area contributed by atoms with Crippen LogP contribution in [-0.4, -0.2) is 22.5 Å². The summed E-state index contributed by atoms with van der Waals surface area (Å²) in [6, 6.07) is 0. The van der Waals surface area contributed by atoms with Crippen molar-refractivity contribution in [2.75, 3.05) is 0 Å². The quantitative estimate of drug-likeness (QED) is 0.350. The van der Waals surface area contributed by atoms with Crippen LogP contribution in [-0.2, 0) is 14.3 Å². The molecular weight excluding hydrogens is 202 g/mol. The van der Waals surface area contributed by atoms with Crippen molar-refractivity contribution in [1.82, 2.24) is 5.48 Å². The Morgan fingerprint density at radius 3 is 2.67 bits per heavy atom. The number of allylic oxidation sites excluding steroid dienone is 2. The zero-order valence-electron chi connectivity index (χ0n) is 8.27. The third-order valence-electron chi connectivity index (χ3n) is 1.97. The van der Waals surface area contributed by atoms with Gasteiger partial charge in [0.25, 0.3) is 0 Å². The van der Waals surface area contributed by atoms with Crippen LogP contribution >= 0.6 is 0 Å². The number of hydroxylamine groups is 1. The molecule has 15 heavy (non-hydrogen) atoms. The largest absolute Gasteiger partial charge is 0.507 e. The third-order valence-corrected chi connectivity index (χ3v) is 1.97. The monoisotopic (exact) mass is 213 g/mol. The number of hydrogen-bond acceptors (Lipinski definition) is 5. The zero-order valence-corrected chi connectivity index (χ0v) is 8.27. The molecule has 0 aromatic carbocycles. The maximum atomic E-state index is 11.1. The molecule has 0 radical (unpaired) electrons. The second kappa shape index (κ2) is 3.74. The van der Waals surface area contributed by atoms with Gasteiger partial charge in [0.1, 0.15) is 0 Å². The summed E-state index contributed by atoms with van der Waals surface area (Å²) < 4.78 is 4.79. The Balaban J connectivity index is 3.16. The number of nitrogens with one attached hydrogen (secondary N) is 1. The van der Waals surface area contributed by atoms with Crippen LogP contribution in [0.25, 0.3) is 0 Å². The van der Waals surface area contributed by atoms with Gasteiger partial charge in [-0.25, -0.2) is 5.48 Å². The van der Waals surface area contributed by atoms with E-state index in [0.29, 0.717) is 6.29 Å². The summed E-state index contributed by atoms with van der Waals surface area (Å²) in [6.07, 6.45) is 1.79. The lowest BCUT2D eigenvalue weighted by Crippen LogP contribution is -2.30.